The van der Waals surface area contributed by atoms with Gasteiger partial charge < -0.3 is 10.4 Å². The zero-order chi connectivity index (χ0) is 17.5. The first-order chi connectivity index (χ1) is 11.5. The molecular formula is C19H20FNO3. The van der Waals surface area contributed by atoms with E-state index in [1.807, 2.05) is 18.2 Å². The van der Waals surface area contributed by atoms with Crippen LogP contribution in [0.4, 0.5) is 4.39 Å². The van der Waals surface area contributed by atoms with Crippen molar-refractivity contribution in [1.29, 1.82) is 0 Å². The summed E-state index contributed by atoms with van der Waals surface area (Å²) in [4.78, 5) is 23.5. The Hall–Kier alpha value is -2.69. The third-order valence-electron chi connectivity index (χ3n) is 3.92. The van der Waals surface area contributed by atoms with Crippen molar-refractivity contribution in [3.63, 3.8) is 0 Å². The van der Waals surface area contributed by atoms with Crippen molar-refractivity contribution in [1.82, 2.24) is 5.32 Å². The summed E-state index contributed by atoms with van der Waals surface area (Å²) in [6.45, 7) is 1.57. The molecule has 4 nitrogen and oxygen atoms in total. The van der Waals surface area contributed by atoms with Crippen LogP contribution >= 0.6 is 0 Å². The number of carbonyl (C=O) groups excluding carboxylic acids is 1. The van der Waals surface area contributed by atoms with E-state index < -0.39 is 17.9 Å². The van der Waals surface area contributed by atoms with Crippen molar-refractivity contribution in [3.8, 4) is 0 Å². The standard InChI is InChI=1S/C19H20FNO3/c1-13(19(23)24)18(15-5-3-2-4-6-15)21-17(22)12-9-14-7-10-16(20)11-8-14/h2-8,10-11,13,18H,9,12H2,1H3,(H,21,22)(H,23,24). The Kier molecular flexibility index (Phi) is 6.07. The molecule has 0 fully saturated rings. The van der Waals surface area contributed by atoms with Gasteiger partial charge in [0.05, 0.1) is 12.0 Å². The lowest BCUT2D eigenvalue weighted by atomic mass is 9.94. The van der Waals surface area contributed by atoms with Crippen LogP contribution < -0.4 is 5.32 Å². The highest BCUT2D eigenvalue weighted by atomic mass is 19.1. The average molecular weight is 329 g/mol. The maximum Gasteiger partial charge on any atom is 0.308 e. The zero-order valence-electron chi connectivity index (χ0n) is 13.4. The van der Waals surface area contributed by atoms with Gasteiger partial charge in [-0.15, -0.1) is 0 Å². The normalized spacial score (nSPS) is 13.1. The Bertz CT molecular complexity index is 686. The SMILES string of the molecule is CC(C(=O)O)C(NC(=O)CCc1ccc(F)cc1)c1ccccc1. The molecule has 0 aliphatic heterocycles. The van der Waals surface area contributed by atoms with E-state index in [-0.39, 0.29) is 18.1 Å². The highest BCUT2D eigenvalue weighted by Gasteiger charge is 2.26. The second-order valence-corrected chi connectivity index (χ2v) is 5.71. The molecule has 24 heavy (non-hydrogen) atoms. The number of carbonyl (C=O) groups is 2. The summed E-state index contributed by atoms with van der Waals surface area (Å²) in [6.07, 6.45) is 0.677. The molecule has 0 heterocycles. The van der Waals surface area contributed by atoms with Crippen LogP contribution in [0.3, 0.4) is 0 Å². The van der Waals surface area contributed by atoms with Crippen LogP contribution in [0.5, 0.6) is 0 Å². The largest absolute Gasteiger partial charge is 0.481 e. The molecule has 2 aromatic carbocycles. The van der Waals surface area contributed by atoms with Crippen molar-refractivity contribution in [2.24, 2.45) is 5.92 Å². The molecule has 0 saturated carbocycles. The van der Waals surface area contributed by atoms with E-state index in [9.17, 15) is 19.1 Å². The fraction of sp³-hybridized carbons (Fsp3) is 0.263. The predicted molar refractivity (Wildman–Crippen MR) is 88.8 cm³/mol. The van der Waals surface area contributed by atoms with Gasteiger partial charge in [0.25, 0.3) is 0 Å². The fourth-order valence-electron chi connectivity index (χ4n) is 2.45. The Morgan fingerprint density at radius 2 is 1.71 bits per heavy atom. The molecule has 2 unspecified atom stereocenters. The molecule has 0 aromatic heterocycles. The number of amides is 1. The number of carboxylic acids is 1. The minimum atomic E-state index is -0.970. The third kappa shape index (κ3) is 4.91. The first-order valence-corrected chi connectivity index (χ1v) is 7.79. The molecule has 0 aliphatic carbocycles. The van der Waals surface area contributed by atoms with E-state index in [1.54, 1.807) is 31.2 Å². The molecule has 126 valence electrons. The number of aryl methyl sites for hydroxylation is 1. The Labute approximate surface area is 140 Å². The molecule has 2 rings (SSSR count). The van der Waals surface area contributed by atoms with Crippen LogP contribution in [-0.2, 0) is 16.0 Å². The van der Waals surface area contributed by atoms with Crippen LogP contribution in [-0.4, -0.2) is 17.0 Å². The van der Waals surface area contributed by atoms with Gasteiger partial charge in [0, 0.05) is 6.42 Å². The van der Waals surface area contributed by atoms with Crippen molar-refractivity contribution in [2.45, 2.75) is 25.8 Å². The average Bonchev–Trinajstić information content (AvgIpc) is 2.59. The number of halogens is 1. The Morgan fingerprint density at radius 1 is 1.08 bits per heavy atom. The van der Waals surface area contributed by atoms with Gasteiger partial charge in [0.1, 0.15) is 5.82 Å². The number of hydrogen-bond acceptors (Lipinski definition) is 2. The second-order valence-electron chi connectivity index (χ2n) is 5.71. The summed E-state index contributed by atoms with van der Waals surface area (Å²) >= 11 is 0. The summed E-state index contributed by atoms with van der Waals surface area (Å²) < 4.78 is 12.9. The van der Waals surface area contributed by atoms with Crippen LogP contribution in [0, 0.1) is 11.7 Å². The molecular weight excluding hydrogens is 309 g/mol. The molecule has 1 amide bonds. The lowest BCUT2D eigenvalue weighted by Gasteiger charge is -2.23. The van der Waals surface area contributed by atoms with Gasteiger partial charge >= 0.3 is 5.97 Å². The van der Waals surface area contributed by atoms with Gasteiger partial charge in [-0.05, 0) is 36.6 Å². The molecule has 2 N–H and O–H groups in total. The van der Waals surface area contributed by atoms with Crippen molar-refractivity contribution in [3.05, 3.63) is 71.5 Å². The van der Waals surface area contributed by atoms with Crippen molar-refractivity contribution < 1.29 is 19.1 Å². The first kappa shape index (κ1) is 17.7. The number of rotatable bonds is 7. The lowest BCUT2D eigenvalue weighted by molar-refractivity contribution is -0.142. The molecule has 0 aliphatic rings. The van der Waals surface area contributed by atoms with E-state index in [4.69, 9.17) is 0 Å². The third-order valence-corrected chi connectivity index (χ3v) is 3.92. The maximum absolute atomic E-state index is 12.9. The van der Waals surface area contributed by atoms with E-state index in [0.717, 1.165) is 11.1 Å². The molecule has 0 spiro atoms. The Morgan fingerprint density at radius 3 is 2.29 bits per heavy atom. The van der Waals surface area contributed by atoms with Crippen LogP contribution in [0.25, 0.3) is 0 Å². The number of benzene rings is 2. The lowest BCUT2D eigenvalue weighted by Crippen LogP contribution is -2.35. The van der Waals surface area contributed by atoms with E-state index in [1.165, 1.54) is 12.1 Å². The van der Waals surface area contributed by atoms with Crippen LogP contribution in [0.1, 0.15) is 30.5 Å². The van der Waals surface area contributed by atoms with E-state index in [2.05, 4.69) is 5.32 Å². The van der Waals surface area contributed by atoms with Gasteiger partial charge in [-0.1, -0.05) is 42.5 Å². The molecule has 2 aromatic rings. The molecule has 0 radical (unpaired) electrons. The predicted octanol–water partition coefficient (Wildman–Crippen LogP) is 3.34. The summed E-state index contributed by atoms with van der Waals surface area (Å²) in [7, 11) is 0. The monoisotopic (exact) mass is 329 g/mol. The molecule has 0 bridgehead atoms. The second kappa shape index (κ2) is 8.24. The fourth-order valence-corrected chi connectivity index (χ4v) is 2.45. The number of nitrogens with one attached hydrogen (secondary N) is 1. The molecule has 2 atom stereocenters. The van der Waals surface area contributed by atoms with Gasteiger partial charge in [-0.25, -0.2) is 4.39 Å². The van der Waals surface area contributed by atoms with E-state index >= 15 is 0 Å². The minimum absolute atomic E-state index is 0.210. The van der Waals surface area contributed by atoms with Gasteiger partial charge in [0.2, 0.25) is 5.91 Å². The van der Waals surface area contributed by atoms with Crippen molar-refractivity contribution >= 4 is 11.9 Å². The minimum Gasteiger partial charge on any atom is -0.481 e. The number of carboxylic acid groups (broad SMARTS) is 1. The highest BCUT2D eigenvalue weighted by molar-refractivity contribution is 5.78. The summed E-state index contributed by atoms with van der Waals surface area (Å²) in [5.41, 5.74) is 1.61. The summed E-state index contributed by atoms with van der Waals surface area (Å²) in [5, 5.41) is 12.1. The summed E-state index contributed by atoms with van der Waals surface area (Å²) in [6, 6.07) is 14.4. The van der Waals surface area contributed by atoms with Crippen LogP contribution in [0.2, 0.25) is 0 Å². The van der Waals surface area contributed by atoms with Crippen molar-refractivity contribution in [2.75, 3.05) is 0 Å². The Balaban J connectivity index is 2.01. The number of hydrogen-bond donors (Lipinski definition) is 2. The van der Waals surface area contributed by atoms with Crippen LogP contribution in [0.15, 0.2) is 54.6 Å². The van der Waals surface area contributed by atoms with Gasteiger partial charge in [0.15, 0.2) is 0 Å². The molecule has 5 heteroatoms. The van der Waals surface area contributed by atoms with E-state index in [0.29, 0.717) is 6.42 Å². The van der Waals surface area contributed by atoms with Gasteiger partial charge in [-0.3, -0.25) is 9.59 Å². The topological polar surface area (TPSA) is 66.4 Å². The summed E-state index contributed by atoms with van der Waals surface area (Å²) in [5.74, 6) is -2.27. The van der Waals surface area contributed by atoms with Gasteiger partial charge in [-0.2, -0.15) is 0 Å². The maximum atomic E-state index is 12.9. The molecule has 0 saturated heterocycles. The first-order valence-electron chi connectivity index (χ1n) is 7.79. The zero-order valence-corrected chi connectivity index (χ0v) is 13.4. The number of aliphatic carboxylic acids is 1. The highest BCUT2D eigenvalue weighted by Crippen LogP contribution is 2.22. The smallest absolute Gasteiger partial charge is 0.308 e. The quantitative estimate of drug-likeness (QED) is 0.819.